The fraction of sp³-hybridized carbons (Fsp3) is 0.261. The molecule has 0 radical (unpaired) electrons. The first-order valence-electron chi connectivity index (χ1n) is 8.94. The van der Waals surface area contributed by atoms with Crippen LogP contribution in [0.25, 0.3) is 6.08 Å². The summed E-state index contributed by atoms with van der Waals surface area (Å²) in [6.07, 6.45) is 9.29. The van der Waals surface area contributed by atoms with Gasteiger partial charge in [0.1, 0.15) is 0 Å². The second-order valence-electron chi connectivity index (χ2n) is 5.46. The number of methoxy groups -OCH3 is 1. The largest absolute Gasteiger partial charge is 0.478 e. The molecule has 0 aliphatic carbocycles. The van der Waals surface area contributed by atoms with Crippen molar-refractivity contribution in [3.8, 4) is 0 Å². The number of carboxylic acid groups (broad SMARTS) is 1. The molecule has 1 aromatic carbocycles. The monoisotopic (exact) mass is 402 g/mol. The van der Waals surface area contributed by atoms with Crippen LogP contribution in [0.4, 0.5) is 0 Å². The number of carbonyl (C=O) groups excluding carboxylic acids is 2. The van der Waals surface area contributed by atoms with Gasteiger partial charge in [0.25, 0.3) is 0 Å². The zero-order chi connectivity index (χ0) is 22.5. The van der Waals surface area contributed by atoms with Crippen molar-refractivity contribution in [1.29, 1.82) is 0 Å². The second kappa shape index (κ2) is 19.4. The van der Waals surface area contributed by atoms with Crippen molar-refractivity contribution in [3.63, 3.8) is 0 Å². The highest BCUT2D eigenvalue weighted by Crippen LogP contribution is 2.00. The van der Waals surface area contributed by atoms with Gasteiger partial charge in [0, 0.05) is 17.7 Å². The molecule has 0 saturated carbocycles. The van der Waals surface area contributed by atoms with Crippen molar-refractivity contribution in [1.82, 2.24) is 0 Å². The van der Waals surface area contributed by atoms with Gasteiger partial charge >= 0.3 is 17.9 Å². The normalized spacial score (nSPS) is 9.48. The van der Waals surface area contributed by atoms with E-state index in [4.69, 9.17) is 5.11 Å². The molecule has 0 heterocycles. The third-order valence-electron chi connectivity index (χ3n) is 2.88. The van der Waals surface area contributed by atoms with Gasteiger partial charge in [-0.1, -0.05) is 75.1 Å². The summed E-state index contributed by atoms with van der Waals surface area (Å²) in [6, 6.07) is 9.70. The minimum Gasteiger partial charge on any atom is -0.478 e. The van der Waals surface area contributed by atoms with Crippen molar-refractivity contribution in [2.24, 2.45) is 0 Å². The Bertz CT molecular complexity index is 687. The molecular formula is C23H30O6. The van der Waals surface area contributed by atoms with Gasteiger partial charge in [0.15, 0.2) is 0 Å². The molecule has 6 nitrogen and oxygen atoms in total. The summed E-state index contributed by atoms with van der Waals surface area (Å²) < 4.78 is 8.95. The lowest BCUT2D eigenvalue weighted by Gasteiger charge is -1.97. The number of carbonyl (C=O) groups is 3. The predicted octanol–water partition coefficient (Wildman–Crippen LogP) is 4.59. The molecule has 0 bridgehead atoms. The number of esters is 2. The smallest absolute Gasteiger partial charge is 0.332 e. The van der Waals surface area contributed by atoms with E-state index in [1.807, 2.05) is 43.3 Å². The maximum atomic E-state index is 10.3. The maximum Gasteiger partial charge on any atom is 0.332 e. The quantitative estimate of drug-likeness (QED) is 0.296. The van der Waals surface area contributed by atoms with Crippen molar-refractivity contribution in [2.75, 3.05) is 13.7 Å². The summed E-state index contributed by atoms with van der Waals surface area (Å²) in [6.45, 7) is 10.8. The number of allylic oxidation sites excluding steroid dienone is 2. The van der Waals surface area contributed by atoms with E-state index in [1.54, 1.807) is 13.0 Å². The number of aliphatic carboxylic acids is 1. The molecule has 0 spiro atoms. The molecule has 0 aromatic heterocycles. The first kappa shape index (κ1) is 27.8. The molecule has 0 fully saturated rings. The van der Waals surface area contributed by atoms with E-state index in [0.717, 1.165) is 24.5 Å². The van der Waals surface area contributed by atoms with Crippen molar-refractivity contribution < 1.29 is 29.0 Å². The molecule has 1 rings (SSSR count). The summed E-state index contributed by atoms with van der Waals surface area (Å²) in [5, 5.41) is 8.29. The van der Waals surface area contributed by atoms with Crippen molar-refractivity contribution in [2.45, 2.75) is 26.7 Å². The maximum absolute atomic E-state index is 10.3. The molecule has 0 unspecified atom stereocenters. The van der Waals surface area contributed by atoms with Gasteiger partial charge in [-0.25, -0.2) is 14.4 Å². The van der Waals surface area contributed by atoms with E-state index in [9.17, 15) is 14.4 Å². The van der Waals surface area contributed by atoms with Gasteiger partial charge in [0.05, 0.1) is 13.7 Å². The van der Waals surface area contributed by atoms with Crippen LogP contribution in [0, 0.1) is 0 Å². The topological polar surface area (TPSA) is 89.9 Å². The SMILES string of the molecule is C=C(C)C(=O)OC.C=CC(=O)OCCCC.O=C(O)C=CC=Cc1ccccc1. The van der Waals surface area contributed by atoms with Crippen molar-refractivity contribution >= 4 is 24.0 Å². The number of carboxylic acids is 1. The van der Waals surface area contributed by atoms with E-state index in [-0.39, 0.29) is 11.9 Å². The van der Waals surface area contributed by atoms with Crippen LogP contribution in [0.1, 0.15) is 32.3 Å². The summed E-state index contributed by atoms with van der Waals surface area (Å²) in [4.78, 5) is 30.6. The molecule has 0 atom stereocenters. The number of hydrogen-bond donors (Lipinski definition) is 1. The average molecular weight is 402 g/mol. The van der Waals surface area contributed by atoms with E-state index in [2.05, 4.69) is 22.6 Å². The number of unbranched alkanes of at least 4 members (excludes halogenated alkanes) is 1. The molecule has 29 heavy (non-hydrogen) atoms. The standard InChI is InChI=1S/C11H10O2.C7H12O2.C5H8O2/c12-11(13)9-5-4-8-10-6-2-1-3-7-10;1-3-5-6-9-7(8)4-2;1-4(2)5(6)7-3/h1-9H,(H,12,13);4H,2-3,5-6H2,1H3;1H2,2-3H3. The predicted molar refractivity (Wildman–Crippen MR) is 115 cm³/mol. The van der Waals surface area contributed by atoms with Gasteiger partial charge in [-0.3, -0.25) is 0 Å². The zero-order valence-electron chi connectivity index (χ0n) is 17.3. The highest BCUT2D eigenvalue weighted by atomic mass is 16.5. The zero-order valence-corrected chi connectivity index (χ0v) is 17.3. The lowest BCUT2D eigenvalue weighted by Crippen LogP contribution is -2.00. The van der Waals surface area contributed by atoms with Gasteiger partial charge in [-0.05, 0) is 18.9 Å². The van der Waals surface area contributed by atoms with Crippen molar-refractivity contribution in [3.05, 3.63) is 78.9 Å². The van der Waals surface area contributed by atoms with Gasteiger partial charge < -0.3 is 14.6 Å². The number of hydrogen-bond acceptors (Lipinski definition) is 5. The van der Waals surface area contributed by atoms with Crippen LogP contribution in [-0.4, -0.2) is 36.7 Å². The summed E-state index contributed by atoms with van der Waals surface area (Å²) in [5.41, 5.74) is 1.49. The Kier molecular flexibility index (Phi) is 18.6. The molecule has 6 heteroatoms. The minimum atomic E-state index is -0.933. The third kappa shape index (κ3) is 20.8. The summed E-state index contributed by atoms with van der Waals surface area (Å²) in [5.74, 6) is -1.61. The molecule has 0 aliphatic heterocycles. The Labute approximate surface area is 172 Å². The fourth-order valence-electron chi connectivity index (χ4n) is 1.42. The first-order chi connectivity index (χ1) is 13.8. The Morgan fingerprint density at radius 2 is 1.76 bits per heavy atom. The molecule has 0 amide bonds. The molecule has 0 saturated heterocycles. The Hall–Kier alpha value is -3.41. The first-order valence-corrected chi connectivity index (χ1v) is 8.94. The Balaban J connectivity index is 0. The molecule has 158 valence electrons. The highest BCUT2D eigenvalue weighted by Gasteiger charge is 1.95. The van der Waals surface area contributed by atoms with Crippen LogP contribution in [0.5, 0.6) is 0 Å². The van der Waals surface area contributed by atoms with Crippen LogP contribution in [0.3, 0.4) is 0 Å². The lowest BCUT2D eigenvalue weighted by atomic mass is 10.2. The minimum absolute atomic E-state index is 0.330. The lowest BCUT2D eigenvalue weighted by molar-refractivity contribution is -0.138. The summed E-state index contributed by atoms with van der Waals surface area (Å²) in [7, 11) is 1.33. The average Bonchev–Trinajstić information content (AvgIpc) is 2.72. The molecule has 1 aromatic rings. The van der Waals surface area contributed by atoms with E-state index >= 15 is 0 Å². The Morgan fingerprint density at radius 3 is 2.17 bits per heavy atom. The number of ether oxygens (including phenoxy) is 2. The number of benzene rings is 1. The number of rotatable bonds is 8. The third-order valence-corrected chi connectivity index (χ3v) is 2.88. The van der Waals surface area contributed by atoms with Gasteiger partial charge in [-0.2, -0.15) is 0 Å². The van der Waals surface area contributed by atoms with Crippen LogP contribution < -0.4 is 0 Å². The molecular weight excluding hydrogens is 372 g/mol. The molecule has 0 aliphatic rings. The fourth-order valence-corrected chi connectivity index (χ4v) is 1.42. The Morgan fingerprint density at radius 1 is 1.14 bits per heavy atom. The highest BCUT2D eigenvalue weighted by molar-refractivity contribution is 5.86. The van der Waals surface area contributed by atoms with E-state index in [0.29, 0.717) is 12.2 Å². The van der Waals surface area contributed by atoms with Gasteiger partial charge in [-0.15, -0.1) is 0 Å². The van der Waals surface area contributed by atoms with Crippen LogP contribution in [0.15, 0.2) is 73.4 Å². The van der Waals surface area contributed by atoms with Crippen LogP contribution in [0.2, 0.25) is 0 Å². The van der Waals surface area contributed by atoms with Crippen LogP contribution in [-0.2, 0) is 23.9 Å². The van der Waals surface area contributed by atoms with E-state index in [1.165, 1.54) is 19.3 Å². The summed E-state index contributed by atoms with van der Waals surface area (Å²) >= 11 is 0. The molecule has 1 N–H and O–H groups in total. The van der Waals surface area contributed by atoms with E-state index < -0.39 is 5.97 Å². The second-order valence-corrected chi connectivity index (χ2v) is 5.46. The van der Waals surface area contributed by atoms with Crippen LogP contribution >= 0.6 is 0 Å². The van der Waals surface area contributed by atoms with Gasteiger partial charge in [0.2, 0.25) is 0 Å².